The average Bonchev–Trinajstić information content (AvgIpc) is 2.01. The summed E-state index contributed by atoms with van der Waals surface area (Å²) in [5.74, 6) is -0.963. The van der Waals surface area contributed by atoms with Crippen LogP contribution in [0.4, 0.5) is 17.6 Å². The van der Waals surface area contributed by atoms with Crippen molar-refractivity contribution >= 4 is 0 Å². The molecule has 0 saturated carbocycles. The van der Waals surface area contributed by atoms with Gasteiger partial charge in [-0.15, -0.1) is 0 Å². The van der Waals surface area contributed by atoms with E-state index in [0.717, 1.165) is 12.1 Å². The van der Waals surface area contributed by atoms with Crippen molar-refractivity contribution in [1.82, 2.24) is 0 Å². The zero-order valence-electron chi connectivity index (χ0n) is 7.82. The number of halogens is 4. The summed E-state index contributed by atoms with van der Waals surface area (Å²) in [5, 5.41) is 0. The lowest BCUT2D eigenvalue weighted by atomic mass is 10.0. The number of hydrogen-bond donors (Lipinski definition) is 0. The summed E-state index contributed by atoms with van der Waals surface area (Å²) in [6.45, 7) is 3.43. The summed E-state index contributed by atoms with van der Waals surface area (Å²) in [6.07, 6.45) is -4.48. The highest BCUT2D eigenvalue weighted by Gasteiger charge is 2.31. The quantitative estimate of drug-likeness (QED) is 0.610. The lowest BCUT2D eigenvalue weighted by Crippen LogP contribution is -2.06. The first kappa shape index (κ1) is 11.0. The van der Waals surface area contributed by atoms with Gasteiger partial charge in [-0.1, -0.05) is 13.8 Å². The minimum absolute atomic E-state index is 0.119. The van der Waals surface area contributed by atoms with Crippen molar-refractivity contribution in [3.8, 4) is 0 Å². The Balaban J connectivity index is 3.21. The summed E-state index contributed by atoms with van der Waals surface area (Å²) in [7, 11) is 0. The lowest BCUT2D eigenvalue weighted by molar-refractivity contribution is -0.137. The molecule has 0 aliphatic heterocycles. The fourth-order valence-corrected chi connectivity index (χ4v) is 1.11. The molecule has 0 unspecified atom stereocenters. The van der Waals surface area contributed by atoms with Gasteiger partial charge in [0.2, 0.25) is 0 Å². The van der Waals surface area contributed by atoms with Crippen LogP contribution in [0.3, 0.4) is 0 Å². The van der Waals surface area contributed by atoms with E-state index >= 15 is 0 Å². The zero-order chi connectivity index (χ0) is 10.9. The lowest BCUT2D eigenvalue weighted by Gasteiger charge is -2.11. The van der Waals surface area contributed by atoms with Crippen LogP contribution < -0.4 is 0 Å². The second kappa shape index (κ2) is 3.59. The molecule has 1 aromatic rings. The maximum Gasteiger partial charge on any atom is 0.416 e. The van der Waals surface area contributed by atoms with Crippen LogP contribution in [-0.2, 0) is 6.18 Å². The Morgan fingerprint density at radius 1 is 1.07 bits per heavy atom. The van der Waals surface area contributed by atoms with Gasteiger partial charge in [0.25, 0.3) is 0 Å². The standard InChI is InChI=1S/C10H10F4/c1-6(2)7-3-8(10(12,13)14)5-9(11)4-7/h3-6H,1-2H3. The Kier molecular flexibility index (Phi) is 2.83. The Morgan fingerprint density at radius 2 is 1.64 bits per heavy atom. The van der Waals surface area contributed by atoms with E-state index in [0.29, 0.717) is 11.6 Å². The molecular formula is C10H10F4. The van der Waals surface area contributed by atoms with Crippen LogP contribution in [0.15, 0.2) is 18.2 Å². The van der Waals surface area contributed by atoms with Crippen molar-refractivity contribution in [1.29, 1.82) is 0 Å². The van der Waals surface area contributed by atoms with E-state index in [2.05, 4.69) is 0 Å². The summed E-state index contributed by atoms with van der Waals surface area (Å²) in [5.41, 5.74) is -0.571. The summed E-state index contributed by atoms with van der Waals surface area (Å²) < 4.78 is 49.6. The molecule has 1 rings (SSSR count). The predicted molar refractivity (Wildman–Crippen MR) is 45.5 cm³/mol. The second-order valence-corrected chi connectivity index (χ2v) is 3.43. The minimum atomic E-state index is -4.48. The molecule has 0 nitrogen and oxygen atoms in total. The molecule has 4 heteroatoms. The van der Waals surface area contributed by atoms with Gasteiger partial charge in [0.05, 0.1) is 5.56 Å². The van der Waals surface area contributed by atoms with Gasteiger partial charge in [-0.25, -0.2) is 4.39 Å². The van der Waals surface area contributed by atoms with E-state index < -0.39 is 17.6 Å². The highest BCUT2D eigenvalue weighted by molar-refractivity contribution is 5.28. The molecule has 78 valence electrons. The molecule has 1 aromatic carbocycles. The zero-order valence-corrected chi connectivity index (χ0v) is 7.82. The molecule has 0 amide bonds. The third kappa shape index (κ3) is 2.47. The molecule has 0 saturated heterocycles. The molecule has 0 atom stereocenters. The number of rotatable bonds is 1. The highest BCUT2D eigenvalue weighted by Crippen LogP contribution is 2.31. The molecule has 0 aromatic heterocycles. The minimum Gasteiger partial charge on any atom is -0.207 e. The van der Waals surface area contributed by atoms with Crippen LogP contribution in [0.5, 0.6) is 0 Å². The van der Waals surface area contributed by atoms with Gasteiger partial charge in [-0.3, -0.25) is 0 Å². The number of benzene rings is 1. The largest absolute Gasteiger partial charge is 0.416 e. The van der Waals surface area contributed by atoms with E-state index in [1.807, 2.05) is 0 Å². The second-order valence-electron chi connectivity index (χ2n) is 3.43. The van der Waals surface area contributed by atoms with Gasteiger partial charge in [-0.2, -0.15) is 13.2 Å². The monoisotopic (exact) mass is 206 g/mol. The molecule has 0 radical (unpaired) electrons. The molecule has 0 aliphatic rings. The van der Waals surface area contributed by atoms with Crippen molar-refractivity contribution in [3.05, 3.63) is 35.1 Å². The van der Waals surface area contributed by atoms with E-state index in [4.69, 9.17) is 0 Å². The number of alkyl halides is 3. The first-order valence-electron chi connectivity index (χ1n) is 4.18. The van der Waals surface area contributed by atoms with Crippen LogP contribution in [-0.4, -0.2) is 0 Å². The summed E-state index contributed by atoms with van der Waals surface area (Å²) in [6, 6.07) is 2.61. The van der Waals surface area contributed by atoms with Crippen molar-refractivity contribution in [2.75, 3.05) is 0 Å². The number of hydrogen-bond acceptors (Lipinski definition) is 0. The predicted octanol–water partition coefficient (Wildman–Crippen LogP) is 3.97. The van der Waals surface area contributed by atoms with Crippen LogP contribution in [0.2, 0.25) is 0 Å². The van der Waals surface area contributed by atoms with Gasteiger partial charge >= 0.3 is 6.18 Å². The molecule has 0 spiro atoms. The van der Waals surface area contributed by atoms with Crippen molar-refractivity contribution in [2.24, 2.45) is 0 Å². The summed E-state index contributed by atoms with van der Waals surface area (Å²) in [4.78, 5) is 0. The Labute approximate surface area is 79.6 Å². The van der Waals surface area contributed by atoms with Crippen molar-refractivity contribution < 1.29 is 17.6 Å². The first-order chi connectivity index (χ1) is 6.30. The fourth-order valence-electron chi connectivity index (χ4n) is 1.11. The Morgan fingerprint density at radius 3 is 2.07 bits per heavy atom. The smallest absolute Gasteiger partial charge is 0.207 e. The van der Waals surface area contributed by atoms with Gasteiger partial charge < -0.3 is 0 Å². The van der Waals surface area contributed by atoms with Gasteiger partial charge in [0, 0.05) is 0 Å². The summed E-state index contributed by atoms with van der Waals surface area (Å²) >= 11 is 0. The van der Waals surface area contributed by atoms with Crippen molar-refractivity contribution in [2.45, 2.75) is 25.9 Å². The average molecular weight is 206 g/mol. The van der Waals surface area contributed by atoms with E-state index in [-0.39, 0.29) is 5.92 Å². The van der Waals surface area contributed by atoms with E-state index in [1.165, 1.54) is 0 Å². The Hall–Kier alpha value is -1.06. The fraction of sp³-hybridized carbons (Fsp3) is 0.400. The van der Waals surface area contributed by atoms with Crippen LogP contribution >= 0.6 is 0 Å². The van der Waals surface area contributed by atoms with E-state index in [1.54, 1.807) is 13.8 Å². The molecule has 14 heavy (non-hydrogen) atoms. The molecule has 0 aliphatic carbocycles. The third-order valence-corrected chi connectivity index (χ3v) is 1.91. The topological polar surface area (TPSA) is 0 Å². The third-order valence-electron chi connectivity index (χ3n) is 1.91. The molecule has 0 heterocycles. The van der Waals surface area contributed by atoms with Crippen LogP contribution in [0.1, 0.15) is 30.9 Å². The van der Waals surface area contributed by atoms with E-state index in [9.17, 15) is 17.6 Å². The maximum absolute atomic E-state index is 12.8. The van der Waals surface area contributed by atoms with Crippen LogP contribution in [0.25, 0.3) is 0 Å². The first-order valence-corrected chi connectivity index (χ1v) is 4.18. The SMILES string of the molecule is CC(C)c1cc(F)cc(C(F)(F)F)c1. The molecule has 0 bridgehead atoms. The Bertz CT molecular complexity index is 325. The molecular weight excluding hydrogens is 196 g/mol. The van der Waals surface area contributed by atoms with Crippen molar-refractivity contribution in [3.63, 3.8) is 0 Å². The molecule has 0 N–H and O–H groups in total. The van der Waals surface area contributed by atoms with Gasteiger partial charge in [0.15, 0.2) is 0 Å². The van der Waals surface area contributed by atoms with Gasteiger partial charge in [0.1, 0.15) is 5.82 Å². The van der Waals surface area contributed by atoms with Crippen LogP contribution in [0, 0.1) is 5.82 Å². The highest BCUT2D eigenvalue weighted by atomic mass is 19.4. The molecule has 0 fully saturated rings. The van der Waals surface area contributed by atoms with Gasteiger partial charge in [-0.05, 0) is 29.7 Å². The maximum atomic E-state index is 12.8. The normalized spacial score (nSPS) is 12.2.